The molecule has 7 atom stereocenters. The van der Waals surface area contributed by atoms with E-state index in [9.17, 15) is 9.59 Å². The quantitative estimate of drug-likeness (QED) is 0.0961. The van der Waals surface area contributed by atoms with Gasteiger partial charge < -0.3 is 19.0 Å². The first-order valence-electron chi connectivity index (χ1n) is 15.8. The van der Waals surface area contributed by atoms with Crippen molar-refractivity contribution in [2.45, 2.75) is 92.6 Å². The third kappa shape index (κ3) is 5.65. The van der Waals surface area contributed by atoms with Crippen molar-refractivity contribution in [1.29, 1.82) is 0 Å². The molecule has 3 aliphatic carbocycles. The smallest absolute Gasteiger partial charge is 0.317 e. The van der Waals surface area contributed by atoms with Gasteiger partial charge in [-0.1, -0.05) is 71.2 Å². The number of ether oxygens (including phenoxy) is 3. The molecule has 1 aromatic rings. The summed E-state index contributed by atoms with van der Waals surface area (Å²) in [6.07, 6.45) is 11.5. The number of rotatable bonds is 15. The molecule has 0 spiro atoms. The molecule has 2 fully saturated rings. The van der Waals surface area contributed by atoms with Gasteiger partial charge in [0.25, 0.3) is 0 Å². The number of carbonyl (C=O) groups is 2. The zero-order valence-electron chi connectivity index (χ0n) is 25.7. The largest absolute Gasteiger partial charge is 0.497 e. The number of esters is 1. The van der Waals surface area contributed by atoms with E-state index in [1.165, 1.54) is 6.29 Å². The fourth-order valence-corrected chi connectivity index (χ4v) is 8.51. The molecule has 5 unspecified atom stereocenters. The van der Waals surface area contributed by atoms with Gasteiger partial charge in [0.2, 0.25) is 0 Å². The van der Waals surface area contributed by atoms with Crippen LogP contribution in [0, 0.1) is 46.3 Å². The van der Waals surface area contributed by atoms with Crippen LogP contribution in [0.5, 0.6) is 5.75 Å². The van der Waals surface area contributed by atoms with E-state index >= 15 is 0 Å². The summed E-state index contributed by atoms with van der Waals surface area (Å²) in [6.45, 7) is 13.1. The Labute approximate surface area is 242 Å². The third-order valence-corrected chi connectivity index (χ3v) is 10.7. The zero-order valence-corrected chi connectivity index (χ0v) is 25.7. The Hall–Kier alpha value is -2.14. The van der Waals surface area contributed by atoms with Gasteiger partial charge in [-0.3, -0.25) is 4.79 Å². The highest BCUT2D eigenvalue weighted by atomic mass is 16.5. The Kier molecular flexibility index (Phi) is 10.2. The van der Waals surface area contributed by atoms with E-state index in [4.69, 9.17) is 14.2 Å². The highest BCUT2D eigenvalue weighted by Gasteiger charge is 2.72. The second-order valence-corrected chi connectivity index (χ2v) is 13.2. The van der Waals surface area contributed by atoms with Gasteiger partial charge in [0.1, 0.15) is 24.1 Å². The van der Waals surface area contributed by atoms with E-state index < -0.39 is 10.8 Å². The summed E-state index contributed by atoms with van der Waals surface area (Å²) in [5.41, 5.74) is 0.484. The van der Waals surface area contributed by atoms with Crippen LogP contribution in [0.3, 0.4) is 0 Å². The molecule has 1 aromatic carbocycles. The van der Waals surface area contributed by atoms with Gasteiger partial charge in [-0.05, 0) is 91.7 Å². The number of benzene rings is 1. The molecule has 0 aliphatic heterocycles. The van der Waals surface area contributed by atoms with Crippen molar-refractivity contribution in [3.8, 4) is 5.75 Å². The van der Waals surface area contributed by atoms with E-state index in [-0.39, 0.29) is 30.3 Å². The highest BCUT2D eigenvalue weighted by molar-refractivity contribution is 5.89. The minimum absolute atomic E-state index is 0.188. The SMILES string of the molecule is CCCCOCCCCC1C(C)C(C)CC1[C@@]1(C=O)CC2C=C(C(C)C)[C@@]1(C(=O)OCc1ccc(OC)cc1)C2. The molecule has 0 amide bonds. The Morgan fingerprint density at radius 2 is 1.80 bits per heavy atom. The predicted octanol–water partition coefficient (Wildman–Crippen LogP) is 7.81. The van der Waals surface area contributed by atoms with E-state index in [1.807, 2.05) is 24.3 Å². The number of unbranched alkanes of at least 4 members (excludes halogenated alkanes) is 2. The van der Waals surface area contributed by atoms with Crippen LogP contribution in [0.25, 0.3) is 0 Å². The fraction of sp³-hybridized carbons (Fsp3) is 0.714. The van der Waals surface area contributed by atoms with Crippen molar-refractivity contribution < 1.29 is 23.8 Å². The van der Waals surface area contributed by atoms with Crippen LogP contribution in [0.4, 0.5) is 0 Å². The zero-order chi connectivity index (χ0) is 28.9. The number of hydrogen-bond acceptors (Lipinski definition) is 5. The maximum Gasteiger partial charge on any atom is 0.317 e. The standard InChI is InChI=1S/C35H52O5/c1-7-8-16-39-17-10-9-11-30-26(5)25(4)18-32(30)34(23-36)20-28-19-31(24(2)3)35(34,21-28)33(37)40-22-27-12-14-29(38-6)15-13-27/h12-15,19,23-26,28,30,32H,7-11,16-18,20-22H2,1-6H3/t25?,26?,28?,30?,32?,34-,35+/m0/s1. The highest BCUT2D eigenvalue weighted by Crippen LogP contribution is 2.71. The second kappa shape index (κ2) is 13.2. The molecule has 2 saturated carbocycles. The Bertz CT molecular complexity index is 1030. The lowest BCUT2D eigenvalue weighted by Gasteiger charge is -2.49. The van der Waals surface area contributed by atoms with Gasteiger partial charge in [-0.2, -0.15) is 0 Å². The minimum Gasteiger partial charge on any atom is -0.497 e. The molecule has 0 radical (unpaired) electrons. The maximum absolute atomic E-state index is 14.4. The average molecular weight is 553 g/mol. The minimum atomic E-state index is -0.865. The van der Waals surface area contributed by atoms with Crippen LogP contribution in [0.2, 0.25) is 0 Å². The van der Waals surface area contributed by atoms with Crippen LogP contribution in [-0.2, 0) is 25.7 Å². The maximum atomic E-state index is 14.4. The van der Waals surface area contributed by atoms with Crippen molar-refractivity contribution in [3.63, 3.8) is 0 Å². The Balaban J connectivity index is 1.58. The molecule has 40 heavy (non-hydrogen) atoms. The van der Waals surface area contributed by atoms with Crippen molar-refractivity contribution in [2.75, 3.05) is 20.3 Å². The van der Waals surface area contributed by atoms with Crippen LogP contribution in [0.15, 0.2) is 35.9 Å². The monoisotopic (exact) mass is 552 g/mol. The second-order valence-electron chi connectivity index (χ2n) is 13.2. The molecule has 3 aliphatic rings. The summed E-state index contributed by atoms with van der Waals surface area (Å²) in [5.74, 6) is 2.70. The number of aldehydes is 1. The molecular formula is C35H52O5. The summed E-state index contributed by atoms with van der Waals surface area (Å²) >= 11 is 0. The Morgan fingerprint density at radius 3 is 2.45 bits per heavy atom. The number of methoxy groups -OCH3 is 1. The molecule has 2 bridgehead atoms. The third-order valence-electron chi connectivity index (χ3n) is 10.7. The Morgan fingerprint density at radius 1 is 1.07 bits per heavy atom. The molecule has 222 valence electrons. The summed E-state index contributed by atoms with van der Waals surface area (Å²) < 4.78 is 17.2. The van der Waals surface area contributed by atoms with E-state index in [0.29, 0.717) is 24.2 Å². The van der Waals surface area contributed by atoms with Crippen LogP contribution in [-0.4, -0.2) is 32.6 Å². The molecular weight excluding hydrogens is 500 g/mol. The summed E-state index contributed by atoms with van der Waals surface area (Å²) in [4.78, 5) is 27.9. The fourth-order valence-electron chi connectivity index (χ4n) is 8.51. The topological polar surface area (TPSA) is 61.8 Å². The average Bonchev–Trinajstić information content (AvgIpc) is 3.60. The summed E-state index contributed by atoms with van der Waals surface area (Å²) in [7, 11) is 1.64. The first-order valence-corrected chi connectivity index (χ1v) is 15.8. The van der Waals surface area contributed by atoms with Crippen LogP contribution < -0.4 is 4.74 Å². The van der Waals surface area contributed by atoms with Gasteiger partial charge in [-0.15, -0.1) is 0 Å². The van der Waals surface area contributed by atoms with Crippen molar-refractivity contribution >= 4 is 12.3 Å². The van der Waals surface area contributed by atoms with E-state index in [1.54, 1.807) is 7.11 Å². The van der Waals surface area contributed by atoms with Gasteiger partial charge in [0, 0.05) is 18.6 Å². The molecule has 0 N–H and O–H groups in total. The number of hydrogen-bond donors (Lipinski definition) is 0. The predicted molar refractivity (Wildman–Crippen MR) is 159 cm³/mol. The van der Waals surface area contributed by atoms with Crippen LogP contribution in [0.1, 0.15) is 91.5 Å². The van der Waals surface area contributed by atoms with Gasteiger partial charge in [0.15, 0.2) is 0 Å². The van der Waals surface area contributed by atoms with Gasteiger partial charge in [0.05, 0.1) is 7.11 Å². The summed E-state index contributed by atoms with van der Waals surface area (Å²) in [5, 5.41) is 0. The number of allylic oxidation sites excluding steroid dienone is 1. The number of carbonyl (C=O) groups excluding carboxylic acids is 2. The lowest BCUT2D eigenvalue weighted by atomic mass is 9.52. The van der Waals surface area contributed by atoms with Crippen molar-refractivity contribution in [1.82, 2.24) is 0 Å². The molecule has 0 aromatic heterocycles. The van der Waals surface area contributed by atoms with Crippen LogP contribution >= 0.6 is 0 Å². The molecule has 4 rings (SSSR count). The van der Waals surface area contributed by atoms with Gasteiger partial charge >= 0.3 is 5.97 Å². The van der Waals surface area contributed by atoms with E-state index in [0.717, 1.165) is 75.0 Å². The summed E-state index contributed by atoms with van der Waals surface area (Å²) in [6, 6.07) is 7.64. The first kappa shape index (κ1) is 30.8. The van der Waals surface area contributed by atoms with E-state index in [2.05, 4.69) is 40.7 Å². The lowest BCUT2D eigenvalue weighted by molar-refractivity contribution is -0.167. The molecule has 0 heterocycles. The lowest BCUT2D eigenvalue weighted by Crippen LogP contribution is -2.53. The molecule has 5 heteroatoms. The normalized spacial score (nSPS) is 32.9. The number of fused-ring (bicyclic) bond motifs is 2. The molecule has 5 nitrogen and oxygen atoms in total. The molecule has 0 saturated heterocycles. The van der Waals surface area contributed by atoms with Crippen molar-refractivity contribution in [2.24, 2.45) is 46.3 Å². The first-order chi connectivity index (χ1) is 19.2. The van der Waals surface area contributed by atoms with Crippen molar-refractivity contribution in [3.05, 3.63) is 41.5 Å². The van der Waals surface area contributed by atoms with Gasteiger partial charge in [-0.25, -0.2) is 0 Å².